The van der Waals surface area contributed by atoms with E-state index in [4.69, 9.17) is 0 Å². The maximum Gasteiger partial charge on any atom is 0.243 e. The topological polar surface area (TPSA) is 49.4 Å². The SMILES string of the molecule is CCCN(CCC)S(=O)(=O)c1csc(CNC(C)C)c1. The molecule has 1 heterocycles. The molecule has 0 spiro atoms. The zero-order chi connectivity index (χ0) is 15.2. The first-order valence-electron chi connectivity index (χ1n) is 7.22. The zero-order valence-corrected chi connectivity index (χ0v) is 14.5. The summed E-state index contributed by atoms with van der Waals surface area (Å²) in [5.41, 5.74) is 0. The standard InChI is InChI=1S/C14H26N2O2S2/c1-5-7-16(8-6-2)20(17,18)14-9-13(19-11-14)10-15-12(3)4/h9,11-12,15H,5-8,10H2,1-4H3. The lowest BCUT2D eigenvalue weighted by molar-refractivity contribution is 0.410. The maximum atomic E-state index is 12.6. The molecule has 1 rings (SSSR count). The van der Waals surface area contributed by atoms with Crippen LogP contribution in [-0.2, 0) is 16.6 Å². The summed E-state index contributed by atoms with van der Waals surface area (Å²) in [4.78, 5) is 1.50. The Labute approximate surface area is 127 Å². The smallest absolute Gasteiger partial charge is 0.243 e. The lowest BCUT2D eigenvalue weighted by atomic mass is 10.4. The van der Waals surface area contributed by atoms with Gasteiger partial charge in [0, 0.05) is 35.9 Å². The van der Waals surface area contributed by atoms with Crippen molar-refractivity contribution in [3.8, 4) is 0 Å². The van der Waals surface area contributed by atoms with E-state index in [1.807, 2.05) is 13.8 Å². The van der Waals surface area contributed by atoms with Gasteiger partial charge < -0.3 is 5.32 Å². The summed E-state index contributed by atoms with van der Waals surface area (Å²) in [5.74, 6) is 0. The van der Waals surface area contributed by atoms with Crippen molar-refractivity contribution in [3.05, 3.63) is 16.3 Å². The van der Waals surface area contributed by atoms with E-state index in [1.165, 1.54) is 11.3 Å². The molecule has 0 radical (unpaired) electrons. The molecule has 0 aromatic carbocycles. The van der Waals surface area contributed by atoms with Gasteiger partial charge in [-0.25, -0.2) is 8.42 Å². The van der Waals surface area contributed by atoms with Crippen LogP contribution in [0.5, 0.6) is 0 Å². The summed E-state index contributed by atoms with van der Waals surface area (Å²) in [7, 11) is -3.33. The van der Waals surface area contributed by atoms with Crippen molar-refractivity contribution in [2.45, 2.75) is 58.0 Å². The molecule has 116 valence electrons. The van der Waals surface area contributed by atoms with Crippen LogP contribution in [0.4, 0.5) is 0 Å². The zero-order valence-electron chi connectivity index (χ0n) is 12.8. The van der Waals surface area contributed by atoms with Crippen LogP contribution in [-0.4, -0.2) is 31.9 Å². The molecule has 0 aliphatic rings. The minimum absolute atomic E-state index is 0.397. The van der Waals surface area contributed by atoms with Gasteiger partial charge in [0.2, 0.25) is 10.0 Å². The van der Waals surface area contributed by atoms with Gasteiger partial charge in [-0.15, -0.1) is 11.3 Å². The van der Waals surface area contributed by atoms with Crippen molar-refractivity contribution < 1.29 is 8.42 Å². The second-order valence-corrected chi connectivity index (χ2v) is 8.12. The fourth-order valence-electron chi connectivity index (χ4n) is 1.89. The fraction of sp³-hybridized carbons (Fsp3) is 0.714. The third-order valence-electron chi connectivity index (χ3n) is 2.90. The summed E-state index contributed by atoms with van der Waals surface area (Å²) in [6, 6.07) is 2.20. The minimum Gasteiger partial charge on any atom is -0.310 e. The number of thiophene rings is 1. The molecule has 0 saturated heterocycles. The van der Waals surface area contributed by atoms with E-state index in [9.17, 15) is 8.42 Å². The molecule has 1 N–H and O–H groups in total. The number of sulfonamides is 1. The van der Waals surface area contributed by atoms with E-state index in [0.717, 1.165) is 24.3 Å². The summed E-state index contributed by atoms with van der Waals surface area (Å²) < 4.78 is 26.7. The summed E-state index contributed by atoms with van der Waals surface area (Å²) in [6.45, 7) is 10.1. The molecule has 0 saturated carbocycles. The van der Waals surface area contributed by atoms with Crippen molar-refractivity contribution in [1.29, 1.82) is 0 Å². The van der Waals surface area contributed by atoms with Crippen LogP contribution >= 0.6 is 11.3 Å². The number of rotatable bonds is 9. The van der Waals surface area contributed by atoms with Crippen molar-refractivity contribution in [2.24, 2.45) is 0 Å². The quantitative estimate of drug-likeness (QED) is 0.761. The Bertz CT molecular complexity index is 489. The average molecular weight is 319 g/mol. The van der Waals surface area contributed by atoms with Crippen LogP contribution in [0.15, 0.2) is 16.3 Å². The molecule has 0 fully saturated rings. The second kappa shape index (κ2) is 8.12. The molecule has 1 aromatic rings. The van der Waals surface area contributed by atoms with E-state index in [2.05, 4.69) is 19.2 Å². The van der Waals surface area contributed by atoms with E-state index in [-0.39, 0.29) is 0 Å². The summed E-state index contributed by atoms with van der Waals surface area (Å²) >= 11 is 1.50. The Hall–Kier alpha value is -0.430. The van der Waals surface area contributed by atoms with Gasteiger partial charge in [-0.05, 0) is 18.9 Å². The highest BCUT2D eigenvalue weighted by Crippen LogP contribution is 2.23. The van der Waals surface area contributed by atoms with Gasteiger partial charge in [-0.1, -0.05) is 27.7 Å². The molecular weight excluding hydrogens is 292 g/mol. The van der Waals surface area contributed by atoms with Crippen molar-refractivity contribution >= 4 is 21.4 Å². The first-order chi connectivity index (χ1) is 9.41. The normalized spacial score (nSPS) is 12.5. The largest absolute Gasteiger partial charge is 0.310 e. The molecule has 20 heavy (non-hydrogen) atoms. The highest BCUT2D eigenvalue weighted by Gasteiger charge is 2.24. The van der Waals surface area contributed by atoms with Gasteiger partial charge >= 0.3 is 0 Å². The van der Waals surface area contributed by atoms with Crippen LogP contribution in [0.25, 0.3) is 0 Å². The lowest BCUT2D eigenvalue weighted by Gasteiger charge is -2.20. The third-order valence-corrected chi connectivity index (χ3v) is 5.86. The Morgan fingerprint density at radius 1 is 1.25 bits per heavy atom. The first-order valence-corrected chi connectivity index (χ1v) is 9.54. The first kappa shape index (κ1) is 17.6. The molecule has 0 bridgehead atoms. The molecule has 0 atom stereocenters. The molecule has 0 unspecified atom stereocenters. The number of nitrogens with one attached hydrogen (secondary N) is 1. The van der Waals surface area contributed by atoms with Crippen molar-refractivity contribution in [1.82, 2.24) is 9.62 Å². The molecule has 4 nitrogen and oxygen atoms in total. The van der Waals surface area contributed by atoms with Crippen LogP contribution in [0.1, 0.15) is 45.4 Å². The van der Waals surface area contributed by atoms with E-state index in [0.29, 0.717) is 24.0 Å². The van der Waals surface area contributed by atoms with Gasteiger partial charge in [-0.2, -0.15) is 4.31 Å². The van der Waals surface area contributed by atoms with Gasteiger partial charge in [0.25, 0.3) is 0 Å². The highest BCUT2D eigenvalue weighted by molar-refractivity contribution is 7.89. The maximum absolute atomic E-state index is 12.6. The number of hydrogen-bond acceptors (Lipinski definition) is 4. The van der Waals surface area contributed by atoms with Crippen LogP contribution in [0.2, 0.25) is 0 Å². The highest BCUT2D eigenvalue weighted by atomic mass is 32.2. The Morgan fingerprint density at radius 3 is 2.35 bits per heavy atom. The predicted octanol–water partition coefficient (Wildman–Crippen LogP) is 3.06. The summed E-state index contributed by atoms with van der Waals surface area (Å²) in [5, 5.41) is 5.06. The second-order valence-electron chi connectivity index (χ2n) is 5.19. The van der Waals surface area contributed by atoms with Crippen LogP contribution < -0.4 is 5.32 Å². The Morgan fingerprint density at radius 2 is 1.85 bits per heavy atom. The number of hydrogen-bond donors (Lipinski definition) is 1. The summed E-state index contributed by atoms with van der Waals surface area (Å²) in [6.07, 6.45) is 1.68. The predicted molar refractivity (Wildman–Crippen MR) is 85.6 cm³/mol. The van der Waals surface area contributed by atoms with Crippen molar-refractivity contribution in [2.75, 3.05) is 13.1 Å². The monoisotopic (exact) mass is 318 g/mol. The Kier molecular flexibility index (Phi) is 7.15. The molecular formula is C14H26N2O2S2. The molecule has 0 amide bonds. The fourth-order valence-corrected chi connectivity index (χ4v) is 4.73. The molecule has 0 aliphatic heterocycles. The van der Waals surface area contributed by atoms with E-state index in [1.54, 1.807) is 15.8 Å². The van der Waals surface area contributed by atoms with Crippen LogP contribution in [0.3, 0.4) is 0 Å². The van der Waals surface area contributed by atoms with Gasteiger partial charge in [-0.3, -0.25) is 0 Å². The molecule has 0 aliphatic carbocycles. The number of nitrogens with zero attached hydrogens (tertiary/aromatic N) is 1. The van der Waals surface area contributed by atoms with Gasteiger partial charge in [0.1, 0.15) is 0 Å². The molecule has 6 heteroatoms. The lowest BCUT2D eigenvalue weighted by Crippen LogP contribution is -2.32. The average Bonchev–Trinajstić information content (AvgIpc) is 2.85. The van der Waals surface area contributed by atoms with Gasteiger partial charge in [0.05, 0.1) is 4.90 Å². The minimum atomic E-state index is -3.33. The Balaban J connectivity index is 2.85. The van der Waals surface area contributed by atoms with E-state index < -0.39 is 10.0 Å². The van der Waals surface area contributed by atoms with E-state index >= 15 is 0 Å². The van der Waals surface area contributed by atoms with Gasteiger partial charge in [0.15, 0.2) is 0 Å². The molecule has 1 aromatic heterocycles. The third kappa shape index (κ3) is 4.84. The van der Waals surface area contributed by atoms with Crippen molar-refractivity contribution in [3.63, 3.8) is 0 Å². The van der Waals surface area contributed by atoms with Crippen LogP contribution in [0, 0.1) is 0 Å².